The lowest BCUT2D eigenvalue weighted by Crippen LogP contribution is -2.39. The SMILES string of the molecule is CC1CCCN(C(=O)C(=Cc2ccccc2)c2ccccc2)C1. The highest BCUT2D eigenvalue weighted by Gasteiger charge is 2.24. The molecule has 2 aromatic carbocycles. The van der Waals surface area contributed by atoms with E-state index < -0.39 is 0 Å². The first-order valence-corrected chi connectivity index (χ1v) is 8.35. The number of carbonyl (C=O) groups excluding carboxylic acids is 1. The molecule has 1 aliphatic rings. The molecule has 3 rings (SSSR count). The lowest BCUT2D eigenvalue weighted by atomic mass is 9.97. The number of nitrogens with zero attached hydrogens (tertiary/aromatic N) is 1. The molecule has 0 aromatic heterocycles. The highest BCUT2D eigenvalue weighted by Crippen LogP contribution is 2.24. The number of amides is 1. The Bertz CT molecular complexity index is 676. The van der Waals surface area contributed by atoms with Gasteiger partial charge in [-0.1, -0.05) is 67.6 Å². The molecule has 118 valence electrons. The smallest absolute Gasteiger partial charge is 0.254 e. The van der Waals surface area contributed by atoms with E-state index in [2.05, 4.69) is 6.92 Å². The van der Waals surface area contributed by atoms with Crippen molar-refractivity contribution in [2.75, 3.05) is 13.1 Å². The van der Waals surface area contributed by atoms with E-state index >= 15 is 0 Å². The van der Waals surface area contributed by atoms with Gasteiger partial charge in [-0.15, -0.1) is 0 Å². The van der Waals surface area contributed by atoms with Crippen LogP contribution in [0.2, 0.25) is 0 Å². The van der Waals surface area contributed by atoms with Crippen LogP contribution in [0, 0.1) is 5.92 Å². The van der Waals surface area contributed by atoms with Gasteiger partial charge in [0.1, 0.15) is 0 Å². The highest BCUT2D eigenvalue weighted by molar-refractivity contribution is 6.24. The van der Waals surface area contributed by atoms with Gasteiger partial charge in [0.05, 0.1) is 0 Å². The highest BCUT2D eigenvalue weighted by atomic mass is 16.2. The normalized spacial score (nSPS) is 18.7. The Morgan fingerprint density at radius 2 is 1.70 bits per heavy atom. The zero-order valence-corrected chi connectivity index (χ0v) is 13.6. The number of rotatable bonds is 3. The predicted molar refractivity (Wildman–Crippen MR) is 95.7 cm³/mol. The van der Waals surface area contributed by atoms with Crippen molar-refractivity contribution in [3.8, 4) is 0 Å². The Labute approximate surface area is 138 Å². The molecule has 1 heterocycles. The van der Waals surface area contributed by atoms with Gasteiger partial charge in [-0.3, -0.25) is 4.79 Å². The molecule has 0 radical (unpaired) electrons. The maximum Gasteiger partial charge on any atom is 0.254 e. The van der Waals surface area contributed by atoms with Crippen LogP contribution in [0.3, 0.4) is 0 Å². The second kappa shape index (κ2) is 7.28. The van der Waals surface area contributed by atoms with E-state index in [1.165, 1.54) is 6.42 Å². The summed E-state index contributed by atoms with van der Waals surface area (Å²) in [6.45, 7) is 3.95. The Morgan fingerprint density at radius 3 is 2.35 bits per heavy atom. The summed E-state index contributed by atoms with van der Waals surface area (Å²) in [5.41, 5.74) is 2.83. The van der Waals surface area contributed by atoms with Crippen LogP contribution in [0.25, 0.3) is 11.6 Å². The van der Waals surface area contributed by atoms with Gasteiger partial charge >= 0.3 is 0 Å². The second-order valence-electron chi connectivity index (χ2n) is 6.33. The average molecular weight is 305 g/mol. The van der Waals surface area contributed by atoms with Crippen LogP contribution in [0.5, 0.6) is 0 Å². The zero-order chi connectivity index (χ0) is 16.1. The Morgan fingerprint density at radius 1 is 1.04 bits per heavy atom. The van der Waals surface area contributed by atoms with Crippen molar-refractivity contribution in [1.82, 2.24) is 4.90 Å². The summed E-state index contributed by atoms with van der Waals surface area (Å²) in [6, 6.07) is 20.1. The molecular weight excluding hydrogens is 282 g/mol. The fourth-order valence-corrected chi connectivity index (χ4v) is 3.15. The van der Waals surface area contributed by atoms with Crippen LogP contribution in [0.4, 0.5) is 0 Å². The van der Waals surface area contributed by atoms with Crippen LogP contribution in [-0.4, -0.2) is 23.9 Å². The minimum atomic E-state index is 0.145. The molecule has 0 spiro atoms. The molecular formula is C21H23NO. The lowest BCUT2D eigenvalue weighted by Gasteiger charge is -2.31. The van der Waals surface area contributed by atoms with E-state index in [-0.39, 0.29) is 5.91 Å². The molecule has 2 nitrogen and oxygen atoms in total. The molecule has 0 saturated carbocycles. The first-order chi connectivity index (χ1) is 11.2. The van der Waals surface area contributed by atoms with Crippen LogP contribution < -0.4 is 0 Å². The summed E-state index contributed by atoms with van der Waals surface area (Å²) in [5.74, 6) is 0.730. The van der Waals surface area contributed by atoms with Crippen molar-refractivity contribution in [1.29, 1.82) is 0 Å². The fourth-order valence-electron chi connectivity index (χ4n) is 3.15. The summed E-state index contributed by atoms with van der Waals surface area (Å²) < 4.78 is 0. The quantitative estimate of drug-likeness (QED) is 0.604. The molecule has 0 aliphatic carbocycles. The molecule has 1 amide bonds. The molecule has 1 atom stereocenters. The van der Waals surface area contributed by atoms with Gasteiger partial charge in [0.2, 0.25) is 0 Å². The second-order valence-corrected chi connectivity index (χ2v) is 6.33. The minimum absolute atomic E-state index is 0.145. The van der Waals surface area contributed by atoms with Gasteiger partial charge in [0.25, 0.3) is 5.91 Å². The molecule has 1 saturated heterocycles. The summed E-state index contributed by atoms with van der Waals surface area (Å²) in [7, 11) is 0. The first kappa shape index (κ1) is 15.5. The molecule has 2 heteroatoms. The van der Waals surface area contributed by atoms with Crippen molar-refractivity contribution in [3.63, 3.8) is 0 Å². The Balaban J connectivity index is 1.95. The average Bonchev–Trinajstić information content (AvgIpc) is 2.61. The standard InChI is InChI=1S/C21H23NO/c1-17-9-8-14-22(16-17)21(23)20(19-12-6-3-7-13-19)15-18-10-4-2-5-11-18/h2-7,10-13,15,17H,8-9,14,16H2,1H3. The predicted octanol–water partition coefficient (Wildman–Crippen LogP) is 4.49. The molecule has 0 N–H and O–H groups in total. The van der Waals surface area contributed by atoms with Gasteiger partial charge in [0.15, 0.2) is 0 Å². The maximum atomic E-state index is 13.1. The maximum absolute atomic E-state index is 13.1. The summed E-state index contributed by atoms with van der Waals surface area (Å²) in [6.07, 6.45) is 4.32. The number of benzene rings is 2. The van der Waals surface area contributed by atoms with Crippen molar-refractivity contribution in [2.45, 2.75) is 19.8 Å². The zero-order valence-electron chi connectivity index (χ0n) is 13.6. The molecule has 23 heavy (non-hydrogen) atoms. The van der Waals surface area contributed by atoms with E-state index in [9.17, 15) is 4.79 Å². The summed E-state index contributed by atoms with van der Waals surface area (Å²) >= 11 is 0. The number of piperidine rings is 1. The van der Waals surface area contributed by atoms with Crippen molar-refractivity contribution < 1.29 is 4.79 Å². The minimum Gasteiger partial charge on any atom is -0.338 e. The van der Waals surface area contributed by atoms with Crippen molar-refractivity contribution in [2.24, 2.45) is 5.92 Å². The third-order valence-corrected chi connectivity index (χ3v) is 4.37. The number of hydrogen-bond donors (Lipinski definition) is 0. The van der Waals surface area contributed by atoms with Gasteiger partial charge in [-0.2, -0.15) is 0 Å². The molecule has 1 aliphatic heterocycles. The first-order valence-electron chi connectivity index (χ1n) is 8.35. The third kappa shape index (κ3) is 3.89. The Kier molecular flexibility index (Phi) is 4.92. The Hall–Kier alpha value is -2.35. The molecule has 0 bridgehead atoms. The molecule has 1 fully saturated rings. The third-order valence-electron chi connectivity index (χ3n) is 4.37. The van der Waals surface area contributed by atoms with E-state index in [1.807, 2.05) is 71.6 Å². The van der Waals surface area contributed by atoms with Gasteiger partial charge in [-0.25, -0.2) is 0 Å². The van der Waals surface area contributed by atoms with E-state index in [0.717, 1.165) is 36.2 Å². The van der Waals surface area contributed by atoms with Gasteiger partial charge in [0, 0.05) is 18.7 Å². The van der Waals surface area contributed by atoms with Crippen molar-refractivity contribution >= 4 is 17.6 Å². The van der Waals surface area contributed by atoms with Crippen LogP contribution in [0.1, 0.15) is 30.9 Å². The summed E-state index contributed by atoms with van der Waals surface area (Å²) in [5, 5.41) is 0. The van der Waals surface area contributed by atoms with Crippen LogP contribution in [-0.2, 0) is 4.79 Å². The topological polar surface area (TPSA) is 20.3 Å². The van der Waals surface area contributed by atoms with E-state index in [1.54, 1.807) is 0 Å². The molecule has 1 unspecified atom stereocenters. The number of hydrogen-bond acceptors (Lipinski definition) is 1. The van der Waals surface area contributed by atoms with Crippen LogP contribution >= 0.6 is 0 Å². The fraction of sp³-hybridized carbons (Fsp3) is 0.286. The van der Waals surface area contributed by atoms with Crippen LogP contribution in [0.15, 0.2) is 60.7 Å². The van der Waals surface area contributed by atoms with Gasteiger partial charge in [-0.05, 0) is 36.0 Å². The number of likely N-dealkylation sites (tertiary alicyclic amines) is 1. The van der Waals surface area contributed by atoms with E-state index in [0.29, 0.717) is 5.92 Å². The van der Waals surface area contributed by atoms with E-state index in [4.69, 9.17) is 0 Å². The van der Waals surface area contributed by atoms with Crippen molar-refractivity contribution in [3.05, 3.63) is 71.8 Å². The largest absolute Gasteiger partial charge is 0.338 e. The van der Waals surface area contributed by atoms with Gasteiger partial charge < -0.3 is 4.90 Å². The monoisotopic (exact) mass is 305 g/mol. The molecule has 2 aromatic rings. The number of carbonyl (C=O) groups is 1. The lowest BCUT2D eigenvalue weighted by molar-refractivity contribution is -0.126. The summed E-state index contributed by atoms with van der Waals surface area (Å²) in [4.78, 5) is 15.1.